The van der Waals surface area contributed by atoms with Crippen LogP contribution < -0.4 is 0 Å². The molecule has 2 heterocycles. The first-order valence-electron chi connectivity index (χ1n) is 7.10. The molecule has 0 aliphatic heterocycles. The minimum absolute atomic E-state index is 0.0904. The van der Waals surface area contributed by atoms with Gasteiger partial charge in [-0.25, -0.2) is 13.4 Å². The van der Waals surface area contributed by atoms with Gasteiger partial charge in [0.2, 0.25) is 0 Å². The van der Waals surface area contributed by atoms with Crippen molar-refractivity contribution in [2.45, 2.75) is 39.1 Å². The number of aryl methyl sites for hydroxylation is 3. The molecule has 21 heavy (non-hydrogen) atoms. The maximum absolute atomic E-state index is 11.7. The molecule has 0 aliphatic carbocycles. The Kier molecular flexibility index (Phi) is 4.93. The highest BCUT2D eigenvalue weighted by atomic mass is 35.5. The van der Waals surface area contributed by atoms with Gasteiger partial charge in [0.05, 0.1) is 17.3 Å². The van der Waals surface area contributed by atoms with E-state index < -0.39 is 9.84 Å². The second kappa shape index (κ2) is 6.36. The Hall–Kier alpha value is -1.08. The Labute approximate surface area is 130 Å². The number of nitrogens with zero attached hydrogens (tertiary/aromatic N) is 4. The Morgan fingerprint density at radius 1 is 1.29 bits per heavy atom. The van der Waals surface area contributed by atoms with Crippen molar-refractivity contribution >= 4 is 32.6 Å². The summed E-state index contributed by atoms with van der Waals surface area (Å²) in [6, 6.07) is 0. The number of rotatable bonds is 7. The summed E-state index contributed by atoms with van der Waals surface area (Å²) in [6.07, 6.45) is 1.84. The van der Waals surface area contributed by atoms with Gasteiger partial charge in [-0.1, -0.05) is 20.3 Å². The molecule has 2 aromatic heterocycles. The molecule has 0 saturated carbocycles. The number of sulfone groups is 1. The largest absolute Gasteiger partial charge is 0.311 e. The fourth-order valence-electron chi connectivity index (χ4n) is 2.40. The van der Waals surface area contributed by atoms with Crippen LogP contribution in [0.2, 0.25) is 0 Å². The van der Waals surface area contributed by atoms with E-state index in [0.717, 1.165) is 29.7 Å². The van der Waals surface area contributed by atoms with Gasteiger partial charge in [-0.2, -0.15) is 5.10 Å². The van der Waals surface area contributed by atoms with Crippen molar-refractivity contribution in [2.75, 3.05) is 11.5 Å². The summed E-state index contributed by atoms with van der Waals surface area (Å²) in [7, 11) is -1.17. The van der Waals surface area contributed by atoms with Crippen molar-refractivity contribution < 1.29 is 8.42 Å². The van der Waals surface area contributed by atoms with Crippen LogP contribution in [0.4, 0.5) is 0 Å². The highest BCUT2D eigenvalue weighted by Gasteiger charge is 2.19. The molecule has 6 nitrogen and oxygen atoms in total. The molecule has 2 aromatic rings. The monoisotopic (exact) mass is 332 g/mol. The molecule has 0 unspecified atom stereocenters. The smallest absolute Gasteiger partial charge is 0.158 e. The number of hydrogen-bond acceptors (Lipinski definition) is 4. The lowest BCUT2D eigenvalue weighted by Gasteiger charge is -2.08. The summed E-state index contributed by atoms with van der Waals surface area (Å²) in [5.74, 6) is 1.19. The molecule has 0 fully saturated rings. The van der Waals surface area contributed by atoms with Gasteiger partial charge < -0.3 is 4.57 Å². The Morgan fingerprint density at radius 2 is 2.00 bits per heavy atom. The summed E-state index contributed by atoms with van der Waals surface area (Å²) in [5, 5.41) is 4.48. The molecule has 2 rings (SSSR count). The number of alkyl halides is 1. The first-order chi connectivity index (χ1) is 9.93. The lowest BCUT2D eigenvalue weighted by Crippen LogP contribution is -2.17. The van der Waals surface area contributed by atoms with Gasteiger partial charge in [0.25, 0.3) is 0 Å². The van der Waals surface area contributed by atoms with E-state index in [1.807, 2.05) is 11.6 Å². The number of halogens is 1. The zero-order valence-corrected chi connectivity index (χ0v) is 14.2. The molecule has 0 aromatic carbocycles. The van der Waals surface area contributed by atoms with Crippen molar-refractivity contribution in [3.8, 4) is 0 Å². The maximum atomic E-state index is 11.7. The Balaban J connectivity index is 2.46. The third-order valence-electron chi connectivity index (χ3n) is 3.54. The SMILES string of the molecule is CCCc1nn(C)c2c1nc(CCl)n2CCS(=O)(=O)CC. The molecule has 0 aliphatic rings. The second-order valence-electron chi connectivity index (χ2n) is 5.04. The van der Waals surface area contributed by atoms with Gasteiger partial charge >= 0.3 is 0 Å². The van der Waals surface area contributed by atoms with Crippen molar-refractivity contribution in [2.24, 2.45) is 7.05 Å². The maximum Gasteiger partial charge on any atom is 0.158 e. The lowest BCUT2D eigenvalue weighted by atomic mass is 10.2. The van der Waals surface area contributed by atoms with Crippen molar-refractivity contribution in [3.05, 3.63) is 11.5 Å². The molecule has 0 spiro atoms. The van der Waals surface area contributed by atoms with Gasteiger partial charge in [0, 0.05) is 19.3 Å². The fraction of sp³-hybridized carbons (Fsp3) is 0.692. The average molecular weight is 333 g/mol. The van der Waals surface area contributed by atoms with E-state index in [4.69, 9.17) is 11.6 Å². The molecule has 0 atom stereocenters. The predicted molar refractivity (Wildman–Crippen MR) is 84.4 cm³/mol. The number of hydrogen-bond donors (Lipinski definition) is 0. The molecule has 0 radical (unpaired) electrons. The zero-order valence-electron chi connectivity index (χ0n) is 12.6. The first kappa shape index (κ1) is 16.3. The number of aromatic nitrogens is 4. The summed E-state index contributed by atoms with van der Waals surface area (Å²) < 4.78 is 27.1. The number of imidazole rings is 1. The summed E-state index contributed by atoms with van der Waals surface area (Å²) in [4.78, 5) is 4.55. The second-order valence-corrected chi connectivity index (χ2v) is 7.78. The van der Waals surface area contributed by atoms with Gasteiger partial charge in [0.15, 0.2) is 15.5 Å². The first-order valence-corrected chi connectivity index (χ1v) is 9.46. The zero-order chi connectivity index (χ0) is 15.6. The molecule has 0 N–H and O–H groups in total. The van der Waals surface area contributed by atoms with Crippen LogP contribution >= 0.6 is 11.6 Å². The molecule has 8 heteroatoms. The van der Waals surface area contributed by atoms with E-state index in [1.54, 1.807) is 11.6 Å². The molecule has 0 saturated heterocycles. The van der Waals surface area contributed by atoms with Gasteiger partial charge in [-0.05, 0) is 6.42 Å². The van der Waals surface area contributed by atoms with Crippen LogP contribution in [0.3, 0.4) is 0 Å². The molecular formula is C13H21ClN4O2S. The van der Waals surface area contributed by atoms with Crippen molar-refractivity contribution in [3.63, 3.8) is 0 Å². The van der Waals surface area contributed by atoms with Crippen molar-refractivity contribution in [1.82, 2.24) is 19.3 Å². The Bertz CT molecular complexity index is 733. The predicted octanol–water partition coefficient (Wildman–Crippen LogP) is 1.90. The van der Waals surface area contributed by atoms with Gasteiger partial charge in [0.1, 0.15) is 11.3 Å². The standard InChI is InChI=1S/C13H21ClN4O2S/c1-4-6-10-12-13(17(3)16-10)18(11(9-14)15-12)7-8-21(19,20)5-2/h4-9H2,1-3H3. The molecule has 118 valence electrons. The van der Waals surface area contributed by atoms with E-state index >= 15 is 0 Å². The Morgan fingerprint density at radius 3 is 2.57 bits per heavy atom. The van der Waals surface area contributed by atoms with Crippen LogP contribution in [0.15, 0.2) is 0 Å². The minimum Gasteiger partial charge on any atom is -0.311 e. The molecule has 0 amide bonds. The number of fused-ring (bicyclic) bond motifs is 1. The van der Waals surface area contributed by atoms with Gasteiger partial charge in [-0.3, -0.25) is 4.68 Å². The van der Waals surface area contributed by atoms with Crippen LogP contribution in [-0.4, -0.2) is 39.3 Å². The van der Waals surface area contributed by atoms with E-state index in [2.05, 4.69) is 17.0 Å². The van der Waals surface area contributed by atoms with E-state index in [9.17, 15) is 8.42 Å². The normalized spacial score (nSPS) is 12.4. The molecular weight excluding hydrogens is 312 g/mol. The average Bonchev–Trinajstić information content (AvgIpc) is 2.96. The minimum atomic E-state index is -3.03. The van der Waals surface area contributed by atoms with E-state index in [1.165, 1.54) is 0 Å². The van der Waals surface area contributed by atoms with Crippen LogP contribution in [0.1, 0.15) is 31.8 Å². The van der Waals surface area contributed by atoms with Crippen LogP contribution in [0.25, 0.3) is 11.2 Å². The quantitative estimate of drug-likeness (QED) is 0.726. The van der Waals surface area contributed by atoms with Gasteiger partial charge in [-0.15, -0.1) is 11.6 Å². The van der Waals surface area contributed by atoms with Crippen molar-refractivity contribution in [1.29, 1.82) is 0 Å². The third-order valence-corrected chi connectivity index (χ3v) is 5.47. The summed E-state index contributed by atoms with van der Waals surface area (Å²) in [6.45, 7) is 4.11. The highest BCUT2D eigenvalue weighted by molar-refractivity contribution is 7.91. The third kappa shape index (κ3) is 3.23. The molecule has 0 bridgehead atoms. The highest BCUT2D eigenvalue weighted by Crippen LogP contribution is 2.21. The van der Waals surface area contributed by atoms with E-state index in [0.29, 0.717) is 12.4 Å². The van der Waals surface area contributed by atoms with E-state index in [-0.39, 0.29) is 17.4 Å². The fourth-order valence-corrected chi connectivity index (χ4v) is 3.36. The van der Waals surface area contributed by atoms with Crippen LogP contribution in [0, 0.1) is 0 Å². The summed E-state index contributed by atoms with van der Waals surface area (Å²) >= 11 is 5.96. The lowest BCUT2D eigenvalue weighted by molar-refractivity contribution is 0.588. The van der Waals surface area contributed by atoms with Crippen LogP contribution in [-0.2, 0) is 35.7 Å². The van der Waals surface area contributed by atoms with Crippen LogP contribution in [0.5, 0.6) is 0 Å². The topological polar surface area (TPSA) is 69.8 Å². The summed E-state index contributed by atoms with van der Waals surface area (Å²) in [5.41, 5.74) is 2.63.